The lowest BCUT2D eigenvalue weighted by molar-refractivity contribution is 0.582. The van der Waals surface area contributed by atoms with E-state index < -0.39 is 11.6 Å². The topological polar surface area (TPSA) is 19.4 Å². The van der Waals surface area contributed by atoms with Crippen LogP contribution in [0.4, 0.5) is 25.8 Å². The number of benzene rings is 1. The van der Waals surface area contributed by atoms with Crippen LogP contribution in [0.25, 0.3) is 0 Å². The number of halogens is 2. The monoisotopic (exact) mass is 247 g/mol. The van der Waals surface area contributed by atoms with Crippen molar-refractivity contribution in [2.24, 2.45) is 0 Å². The summed E-state index contributed by atoms with van der Waals surface area (Å²) in [7, 11) is 1.90. The second kappa shape index (κ2) is 3.94. The van der Waals surface area contributed by atoms with E-state index >= 15 is 0 Å². The minimum atomic E-state index is -0.571. The van der Waals surface area contributed by atoms with Gasteiger partial charge in [0, 0.05) is 19.3 Å². The van der Waals surface area contributed by atoms with Gasteiger partial charge in [0.05, 0.1) is 29.9 Å². The number of anilines is 3. The van der Waals surface area contributed by atoms with Crippen LogP contribution in [-0.2, 0) is 0 Å². The van der Waals surface area contributed by atoms with Crippen LogP contribution in [0.5, 0.6) is 0 Å². The van der Waals surface area contributed by atoms with E-state index in [1.165, 1.54) is 12.1 Å². The van der Waals surface area contributed by atoms with E-state index in [4.69, 9.17) is 0 Å². The fraction of sp³-hybridized carbons (Fsp3) is 0.154. The Morgan fingerprint density at radius 2 is 1.94 bits per heavy atom. The van der Waals surface area contributed by atoms with Crippen molar-refractivity contribution in [1.82, 2.24) is 4.98 Å². The number of fused-ring (bicyclic) bond motifs is 1. The average Bonchev–Trinajstić information content (AvgIpc) is 2.68. The maximum atomic E-state index is 13.8. The Labute approximate surface area is 103 Å². The largest absolute Gasteiger partial charge is 0.354 e. The number of rotatable bonds is 1. The van der Waals surface area contributed by atoms with Crippen LogP contribution in [0, 0.1) is 11.6 Å². The van der Waals surface area contributed by atoms with E-state index in [0.29, 0.717) is 12.4 Å². The molecule has 0 radical (unpaired) electrons. The second-order valence-electron chi connectivity index (χ2n) is 4.23. The molecule has 0 atom stereocenters. The Bertz CT molecular complexity index is 601. The highest BCUT2D eigenvalue weighted by Gasteiger charge is 2.26. The van der Waals surface area contributed by atoms with Crippen LogP contribution in [0.3, 0.4) is 0 Å². The summed E-state index contributed by atoms with van der Waals surface area (Å²) in [5, 5.41) is 0. The van der Waals surface area contributed by atoms with Gasteiger partial charge in [-0.3, -0.25) is 4.98 Å². The third kappa shape index (κ3) is 1.59. The quantitative estimate of drug-likeness (QED) is 0.772. The van der Waals surface area contributed by atoms with Gasteiger partial charge in [0.1, 0.15) is 11.6 Å². The molecule has 1 aliphatic rings. The average molecular weight is 247 g/mol. The molecular weight excluding hydrogens is 236 g/mol. The van der Waals surface area contributed by atoms with Crippen molar-refractivity contribution in [1.29, 1.82) is 0 Å². The highest BCUT2D eigenvalue weighted by molar-refractivity contribution is 5.81. The Morgan fingerprint density at radius 3 is 2.72 bits per heavy atom. The van der Waals surface area contributed by atoms with Gasteiger partial charge in [-0.05, 0) is 18.2 Å². The summed E-state index contributed by atoms with van der Waals surface area (Å²) in [5.41, 5.74) is 2.17. The molecule has 0 bridgehead atoms. The smallest absolute Gasteiger partial charge is 0.149 e. The van der Waals surface area contributed by atoms with Gasteiger partial charge in [0.15, 0.2) is 0 Å². The van der Waals surface area contributed by atoms with E-state index in [9.17, 15) is 8.78 Å². The third-order valence-electron chi connectivity index (χ3n) is 3.03. The summed E-state index contributed by atoms with van der Waals surface area (Å²) < 4.78 is 26.7. The first-order valence-electron chi connectivity index (χ1n) is 5.54. The molecule has 3 rings (SSSR count). The zero-order valence-corrected chi connectivity index (χ0v) is 9.77. The Balaban J connectivity index is 2.09. The normalized spacial score (nSPS) is 13.9. The molecule has 2 aromatic rings. The maximum absolute atomic E-state index is 13.8. The van der Waals surface area contributed by atoms with Gasteiger partial charge in [-0.15, -0.1) is 0 Å². The molecule has 2 heterocycles. The summed E-state index contributed by atoms with van der Waals surface area (Å²) in [5.74, 6) is -1.13. The van der Waals surface area contributed by atoms with Gasteiger partial charge >= 0.3 is 0 Å². The number of hydrogen-bond donors (Lipinski definition) is 0. The third-order valence-corrected chi connectivity index (χ3v) is 3.03. The van der Waals surface area contributed by atoms with Crippen LogP contribution >= 0.6 is 0 Å². The number of nitrogens with zero attached hydrogens (tertiary/aromatic N) is 3. The van der Waals surface area contributed by atoms with Gasteiger partial charge in [-0.25, -0.2) is 8.78 Å². The van der Waals surface area contributed by atoms with Gasteiger partial charge < -0.3 is 9.80 Å². The summed E-state index contributed by atoms with van der Waals surface area (Å²) in [6.07, 6.45) is 3.39. The second-order valence-corrected chi connectivity index (χ2v) is 4.23. The number of aromatic nitrogens is 1. The molecule has 0 N–H and O–H groups in total. The molecule has 3 nitrogen and oxygen atoms in total. The Hall–Kier alpha value is -2.17. The van der Waals surface area contributed by atoms with Crippen LogP contribution in [0.15, 0.2) is 36.7 Å². The van der Waals surface area contributed by atoms with Crippen LogP contribution < -0.4 is 9.80 Å². The van der Waals surface area contributed by atoms with Crippen molar-refractivity contribution < 1.29 is 8.78 Å². The highest BCUT2D eigenvalue weighted by atomic mass is 19.1. The molecule has 18 heavy (non-hydrogen) atoms. The van der Waals surface area contributed by atoms with Crippen LogP contribution in [0.2, 0.25) is 0 Å². The van der Waals surface area contributed by atoms with Crippen LogP contribution in [-0.4, -0.2) is 18.7 Å². The fourth-order valence-electron chi connectivity index (χ4n) is 2.17. The van der Waals surface area contributed by atoms with Crippen molar-refractivity contribution in [2.75, 3.05) is 23.5 Å². The van der Waals surface area contributed by atoms with E-state index in [1.807, 2.05) is 18.0 Å². The Kier molecular flexibility index (Phi) is 2.40. The van der Waals surface area contributed by atoms with Crippen LogP contribution in [0.1, 0.15) is 0 Å². The van der Waals surface area contributed by atoms with Gasteiger partial charge in [0.2, 0.25) is 0 Å². The maximum Gasteiger partial charge on any atom is 0.149 e. The molecule has 0 aliphatic carbocycles. The molecule has 5 heteroatoms. The predicted octanol–water partition coefficient (Wildman–Crippen LogP) is 2.91. The molecule has 0 spiro atoms. The van der Waals surface area contributed by atoms with Crippen molar-refractivity contribution in [3.8, 4) is 0 Å². The highest BCUT2D eigenvalue weighted by Crippen LogP contribution is 2.39. The van der Waals surface area contributed by atoms with Gasteiger partial charge in [0.25, 0.3) is 0 Å². The molecule has 92 valence electrons. The molecule has 1 aromatic carbocycles. The molecule has 0 saturated heterocycles. The molecule has 0 saturated carbocycles. The minimum Gasteiger partial charge on any atom is -0.354 e. The summed E-state index contributed by atoms with van der Waals surface area (Å²) >= 11 is 0. The van der Waals surface area contributed by atoms with Crippen molar-refractivity contribution in [3.05, 3.63) is 48.3 Å². The molecule has 1 aromatic heterocycles. The standard InChI is InChI=1S/C13H11F2N3/c1-17-8-18(12-4-5-16-7-13(12)17)11-3-2-9(14)6-10(11)15/h2-7H,8H2,1H3. The lowest BCUT2D eigenvalue weighted by atomic mass is 10.2. The van der Waals surface area contributed by atoms with Crippen molar-refractivity contribution in [3.63, 3.8) is 0 Å². The number of pyridine rings is 1. The summed E-state index contributed by atoms with van der Waals surface area (Å²) in [6.45, 7) is 0.517. The fourth-order valence-corrected chi connectivity index (χ4v) is 2.17. The van der Waals surface area contributed by atoms with Crippen molar-refractivity contribution in [2.45, 2.75) is 0 Å². The van der Waals surface area contributed by atoms with Gasteiger partial charge in [-0.2, -0.15) is 0 Å². The first-order chi connectivity index (χ1) is 8.66. The summed E-state index contributed by atoms with van der Waals surface area (Å²) in [6, 6.07) is 5.43. The zero-order chi connectivity index (χ0) is 12.7. The molecule has 0 amide bonds. The zero-order valence-electron chi connectivity index (χ0n) is 9.77. The molecule has 0 unspecified atom stereocenters. The van der Waals surface area contributed by atoms with E-state index in [2.05, 4.69) is 4.98 Å². The summed E-state index contributed by atoms with van der Waals surface area (Å²) in [4.78, 5) is 7.81. The van der Waals surface area contributed by atoms with E-state index in [1.54, 1.807) is 17.3 Å². The van der Waals surface area contributed by atoms with E-state index in [-0.39, 0.29) is 0 Å². The lowest BCUT2D eigenvalue weighted by Gasteiger charge is -2.19. The Morgan fingerprint density at radius 1 is 1.11 bits per heavy atom. The number of hydrogen-bond acceptors (Lipinski definition) is 3. The predicted molar refractivity (Wildman–Crippen MR) is 66.0 cm³/mol. The molecule has 0 fully saturated rings. The minimum absolute atomic E-state index is 0.369. The molecule has 1 aliphatic heterocycles. The van der Waals surface area contributed by atoms with E-state index in [0.717, 1.165) is 17.4 Å². The first-order valence-corrected chi connectivity index (χ1v) is 5.54. The van der Waals surface area contributed by atoms with Gasteiger partial charge in [-0.1, -0.05) is 0 Å². The lowest BCUT2D eigenvalue weighted by Crippen LogP contribution is -2.24. The first kappa shape index (κ1) is 11.0. The van der Waals surface area contributed by atoms with Crippen molar-refractivity contribution >= 4 is 17.1 Å². The molecular formula is C13H11F2N3. The SMILES string of the molecule is CN1CN(c2ccc(F)cc2F)c2ccncc21.